The molecule has 1 atom stereocenters. The SMILES string of the molecule is COC(=O)C[N+]1=C(CN2CCC(C)CC2)N=C2C1C(=O)N(C)C(=O)N2C. The summed E-state index contributed by atoms with van der Waals surface area (Å²) >= 11 is 0. The number of esters is 1. The molecule has 0 aromatic rings. The Balaban J connectivity index is 1.91. The largest absolute Gasteiger partial charge is 0.466 e. The predicted octanol–water partition coefficient (Wildman–Crippen LogP) is -0.393. The van der Waals surface area contributed by atoms with Crippen LogP contribution in [-0.4, -0.2) is 102 Å². The van der Waals surface area contributed by atoms with Gasteiger partial charge < -0.3 is 4.74 Å². The molecule has 9 nitrogen and oxygen atoms in total. The number of aliphatic imine (C=N–C) groups is 1. The van der Waals surface area contributed by atoms with Crippen LogP contribution in [0.5, 0.6) is 0 Å². The van der Waals surface area contributed by atoms with Crippen molar-refractivity contribution in [3.63, 3.8) is 0 Å². The number of fused-ring (bicyclic) bond motifs is 1. The van der Waals surface area contributed by atoms with Crippen molar-refractivity contribution in [1.82, 2.24) is 14.7 Å². The lowest BCUT2D eigenvalue weighted by molar-refractivity contribution is -0.527. The molecular weight excluding hydrogens is 338 g/mol. The average molecular weight is 364 g/mol. The van der Waals surface area contributed by atoms with Crippen molar-refractivity contribution in [3.05, 3.63) is 0 Å². The van der Waals surface area contributed by atoms with E-state index in [1.54, 1.807) is 11.6 Å². The number of imide groups is 1. The molecular formula is C17H26N5O4+. The summed E-state index contributed by atoms with van der Waals surface area (Å²) in [6, 6.07) is -1.18. The Morgan fingerprint density at radius 2 is 1.88 bits per heavy atom. The number of nitrogens with zero attached hydrogens (tertiary/aromatic N) is 5. The zero-order valence-corrected chi connectivity index (χ0v) is 15.8. The number of hydrogen-bond donors (Lipinski definition) is 0. The van der Waals surface area contributed by atoms with Crippen LogP contribution in [0, 0.1) is 5.92 Å². The van der Waals surface area contributed by atoms with Crippen molar-refractivity contribution in [2.75, 3.05) is 47.4 Å². The molecule has 9 heteroatoms. The standard InChI is InChI=1S/C17H26N5O4/c1-11-5-7-21(8-6-11)9-12-18-15-14(22(12)10-13(23)26-4)16(24)20(3)17(25)19(15)2/h11,14H,5-10H2,1-4H3/q+1. The van der Waals surface area contributed by atoms with Gasteiger partial charge in [0.2, 0.25) is 0 Å². The van der Waals surface area contributed by atoms with Crippen molar-refractivity contribution in [2.45, 2.75) is 25.8 Å². The zero-order chi connectivity index (χ0) is 19.0. The van der Waals surface area contributed by atoms with E-state index in [1.165, 1.54) is 19.1 Å². The van der Waals surface area contributed by atoms with Crippen LogP contribution in [0.2, 0.25) is 0 Å². The maximum absolute atomic E-state index is 12.7. The third-order valence-corrected chi connectivity index (χ3v) is 5.38. The highest BCUT2D eigenvalue weighted by atomic mass is 16.5. The van der Waals surface area contributed by atoms with E-state index in [2.05, 4.69) is 16.8 Å². The minimum Gasteiger partial charge on any atom is -0.466 e. The second kappa shape index (κ2) is 7.14. The molecule has 1 unspecified atom stereocenters. The number of carbonyl (C=O) groups is 3. The number of amides is 3. The average Bonchev–Trinajstić information content (AvgIpc) is 2.98. The summed E-state index contributed by atoms with van der Waals surface area (Å²) in [6.45, 7) is 4.62. The van der Waals surface area contributed by atoms with Gasteiger partial charge in [-0.2, -0.15) is 0 Å². The number of hydrogen-bond acceptors (Lipinski definition) is 6. The Labute approximate surface area is 152 Å². The smallest absolute Gasteiger partial charge is 0.347 e. The Bertz CT molecular complexity index is 693. The third kappa shape index (κ3) is 3.23. The fourth-order valence-corrected chi connectivity index (χ4v) is 3.58. The van der Waals surface area contributed by atoms with Crippen LogP contribution in [0.25, 0.3) is 0 Å². The second-order valence-corrected chi connectivity index (χ2v) is 7.19. The molecule has 3 aliphatic heterocycles. The van der Waals surface area contributed by atoms with E-state index in [-0.39, 0.29) is 12.5 Å². The van der Waals surface area contributed by atoms with E-state index < -0.39 is 18.0 Å². The molecule has 2 fully saturated rings. The molecule has 0 radical (unpaired) electrons. The van der Waals surface area contributed by atoms with Gasteiger partial charge in [0.05, 0.1) is 7.11 Å². The number of likely N-dealkylation sites (tertiary alicyclic amines) is 1. The highest BCUT2D eigenvalue weighted by Gasteiger charge is 2.53. The lowest BCUT2D eigenvalue weighted by Gasteiger charge is -2.30. The fourth-order valence-electron chi connectivity index (χ4n) is 3.58. The molecule has 0 bridgehead atoms. The van der Waals surface area contributed by atoms with Gasteiger partial charge in [-0.3, -0.25) is 19.5 Å². The summed E-state index contributed by atoms with van der Waals surface area (Å²) in [4.78, 5) is 46.1. The quantitative estimate of drug-likeness (QED) is 0.501. The number of rotatable bonds is 4. The molecule has 0 aromatic carbocycles. The van der Waals surface area contributed by atoms with E-state index in [4.69, 9.17) is 4.74 Å². The molecule has 0 aromatic heterocycles. The molecule has 3 amide bonds. The molecule has 0 aliphatic carbocycles. The van der Waals surface area contributed by atoms with Gasteiger partial charge in [-0.1, -0.05) is 6.92 Å². The molecule has 3 heterocycles. The van der Waals surface area contributed by atoms with Crippen LogP contribution >= 0.6 is 0 Å². The van der Waals surface area contributed by atoms with Crippen LogP contribution in [0.15, 0.2) is 4.99 Å². The summed E-state index contributed by atoms with van der Waals surface area (Å²) in [5, 5.41) is 0. The van der Waals surface area contributed by atoms with Gasteiger partial charge in [0.15, 0.2) is 6.54 Å². The maximum Gasteiger partial charge on any atom is 0.347 e. The van der Waals surface area contributed by atoms with Gasteiger partial charge in [0.25, 0.3) is 17.8 Å². The monoisotopic (exact) mass is 364 g/mol. The molecule has 3 aliphatic rings. The topological polar surface area (TPSA) is 85.5 Å². The Morgan fingerprint density at radius 3 is 2.50 bits per heavy atom. The number of carbonyl (C=O) groups excluding carboxylic acids is 3. The molecule has 2 saturated heterocycles. The minimum absolute atomic E-state index is 0.0741. The van der Waals surface area contributed by atoms with Crippen molar-refractivity contribution in [3.8, 4) is 0 Å². The van der Waals surface area contributed by atoms with E-state index in [0.717, 1.165) is 30.8 Å². The van der Waals surface area contributed by atoms with Crippen LogP contribution in [0.1, 0.15) is 19.8 Å². The first-order chi connectivity index (χ1) is 12.3. The van der Waals surface area contributed by atoms with E-state index in [1.807, 2.05) is 0 Å². The summed E-state index contributed by atoms with van der Waals surface area (Å²) < 4.78 is 6.46. The van der Waals surface area contributed by atoms with Gasteiger partial charge in [-0.05, 0) is 36.8 Å². The van der Waals surface area contributed by atoms with Gasteiger partial charge in [0.1, 0.15) is 6.54 Å². The van der Waals surface area contributed by atoms with Gasteiger partial charge >= 0.3 is 17.8 Å². The first-order valence-corrected chi connectivity index (χ1v) is 8.89. The predicted molar refractivity (Wildman–Crippen MR) is 94.1 cm³/mol. The number of amidine groups is 2. The van der Waals surface area contributed by atoms with Gasteiger partial charge in [0, 0.05) is 14.1 Å². The first kappa shape index (κ1) is 18.5. The second-order valence-electron chi connectivity index (χ2n) is 7.19. The molecule has 26 heavy (non-hydrogen) atoms. The normalized spacial score (nSPS) is 24.9. The maximum atomic E-state index is 12.7. The summed E-state index contributed by atoms with van der Waals surface area (Å²) in [7, 11) is 4.35. The summed E-state index contributed by atoms with van der Waals surface area (Å²) in [5.74, 6) is 0.897. The molecule has 3 rings (SSSR count). The van der Waals surface area contributed by atoms with Crippen LogP contribution in [0.4, 0.5) is 4.79 Å². The van der Waals surface area contributed by atoms with Crippen molar-refractivity contribution < 1.29 is 23.7 Å². The van der Waals surface area contributed by atoms with Crippen LogP contribution in [-0.2, 0) is 14.3 Å². The van der Waals surface area contributed by atoms with Crippen LogP contribution < -0.4 is 0 Å². The number of piperidine rings is 1. The number of likely N-dealkylation sites (N-methyl/N-ethyl adjacent to an activating group) is 2. The van der Waals surface area contributed by atoms with Crippen molar-refractivity contribution in [1.29, 1.82) is 0 Å². The van der Waals surface area contributed by atoms with Crippen molar-refractivity contribution in [2.24, 2.45) is 10.9 Å². The number of urea groups is 1. The van der Waals surface area contributed by atoms with E-state index in [0.29, 0.717) is 24.1 Å². The van der Waals surface area contributed by atoms with Gasteiger partial charge in [-0.25, -0.2) is 14.2 Å². The Kier molecular flexibility index (Phi) is 5.08. The lowest BCUT2D eigenvalue weighted by Crippen LogP contribution is -2.62. The molecule has 142 valence electrons. The molecule has 0 saturated carbocycles. The summed E-state index contributed by atoms with van der Waals surface area (Å²) in [5.41, 5.74) is 0. The lowest BCUT2D eigenvalue weighted by atomic mass is 9.99. The third-order valence-electron chi connectivity index (χ3n) is 5.38. The zero-order valence-electron chi connectivity index (χ0n) is 15.8. The Hall–Kier alpha value is -2.29. The fraction of sp³-hybridized carbons (Fsp3) is 0.706. The summed E-state index contributed by atoms with van der Waals surface area (Å²) in [6.07, 6.45) is 2.23. The van der Waals surface area contributed by atoms with Crippen molar-refractivity contribution >= 4 is 29.6 Å². The first-order valence-electron chi connectivity index (χ1n) is 8.89. The minimum atomic E-state index is -0.763. The number of ether oxygens (including phenoxy) is 1. The molecule has 0 N–H and O–H groups in total. The number of methoxy groups -OCH3 is 1. The van der Waals surface area contributed by atoms with Gasteiger partial charge in [-0.15, -0.1) is 0 Å². The Morgan fingerprint density at radius 1 is 1.23 bits per heavy atom. The van der Waals surface area contributed by atoms with E-state index in [9.17, 15) is 14.4 Å². The highest BCUT2D eigenvalue weighted by molar-refractivity contribution is 6.23. The van der Waals surface area contributed by atoms with Crippen LogP contribution in [0.3, 0.4) is 0 Å². The van der Waals surface area contributed by atoms with E-state index >= 15 is 0 Å². The molecule has 0 spiro atoms. The highest BCUT2D eigenvalue weighted by Crippen LogP contribution is 2.21.